The Morgan fingerprint density at radius 2 is 1.85 bits per heavy atom. The molecule has 7 heteroatoms. The van der Waals surface area contributed by atoms with E-state index >= 15 is 0 Å². The van der Waals surface area contributed by atoms with Gasteiger partial charge in [0.1, 0.15) is 12.3 Å². The lowest BCUT2D eigenvalue weighted by Crippen LogP contribution is -2.33. The van der Waals surface area contributed by atoms with Crippen LogP contribution in [0.4, 0.5) is 0 Å². The fourth-order valence-electron chi connectivity index (χ4n) is 3.63. The van der Waals surface area contributed by atoms with E-state index in [-0.39, 0.29) is 11.9 Å². The Labute approximate surface area is 207 Å². The quantitative estimate of drug-likeness (QED) is 0.311. The monoisotopic (exact) mass is 522 g/mol. The van der Waals surface area contributed by atoms with Gasteiger partial charge in [0.25, 0.3) is 5.91 Å². The van der Waals surface area contributed by atoms with E-state index in [2.05, 4.69) is 21.2 Å². The third-order valence-corrected chi connectivity index (χ3v) is 6.15. The number of ether oxygens (including phenoxy) is 2. The summed E-state index contributed by atoms with van der Waals surface area (Å²) in [6.45, 7) is 2.38. The second-order valence-electron chi connectivity index (χ2n) is 7.58. The van der Waals surface area contributed by atoms with Gasteiger partial charge < -0.3 is 14.8 Å². The van der Waals surface area contributed by atoms with Crippen LogP contribution in [0.2, 0.25) is 0 Å². The molecule has 0 unspecified atom stereocenters. The van der Waals surface area contributed by atoms with Gasteiger partial charge >= 0.3 is 0 Å². The highest BCUT2D eigenvalue weighted by molar-refractivity contribution is 9.10. The number of benzene rings is 3. The maximum atomic E-state index is 13.1. The van der Waals surface area contributed by atoms with Crippen molar-refractivity contribution >= 4 is 45.2 Å². The van der Waals surface area contributed by atoms with E-state index in [1.807, 2.05) is 79.7 Å². The fourth-order valence-corrected chi connectivity index (χ4v) is 4.43. The number of carbonyl (C=O) groups is 1. The van der Waals surface area contributed by atoms with Crippen molar-refractivity contribution in [3.63, 3.8) is 0 Å². The lowest BCUT2D eigenvalue weighted by molar-refractivity contribution is -0.123. The van der Waals surface area contributed by atoms with E-state index in [4.69, 9.17) is 21.7 Å². The molecule has 0 aromatic heterocycles. The normalized spacial score (nSPS) is 15.5. The molecule has 1 aliphatic rings. The van der Waals surface area contributed by atoms with E-state index in [9.17, 15) is 4.79 Å². The molecule has 1 N–H and O–H groups in total. The van der Waals surface area contributed by atoms with E-state index in [0.29, 0.717) is 28.9 Å². The Morgan fingerprint density at radius 1 is 1.06 bits per heavy atom. The summed E-state index contributed by atoms with van der Waals surface area (Å²) in [7, 11) is 1.59. The van der Waals surface area contributed by atoms with Crippen LogP contribution in [0.1, 0.15) is 29.7 Å². The van der Waals surface area contributed by atoms with Crippen molar-refractivity contribution in [3.05, 3.63) is 99.7 Å². The number of carbonyl (C=O) groups excluding carboxylic acids is 1. The van der Waals surface area contributed by atoms with Gasteiger partial charge in [-0.15, -0.1) is 0 Å². The number of nitrogens with one attached hydrogen (secondary N) is 1. The largest absolute Gasteiger partial charge is 0.493 e. The molecule has 1 amide bonds. The minimum Gasteiger partial charge on any atom is -0.493 e. The van der Waals surface area contributed by atoms with Crippen molar-refractivity contribution in [2.75, 3.05) is 7.11 Å². The molecule has 0 saturated carbocycles. The van der Waals surface area contributed by atoms with Crippen molar-refractivity contribution in [3.8, 4) is 11.5 Å². The highest BCUT2D eigenvalue weighted by Gasteiger charge is 2.34. The van der Waals surface area contributed by atoms with Crippen LogP contribution in [0.15, 0.2) is 83.0 Å². The lowest BCUT2D eigenvalue weighted by atomic mass is 10.1. The van der Waals surface area contributed by atoms with E-state index in [1.165, 1.54) is 0 Å². The molecule has 0 aliphatic carbocycles. The van der Waals surface area contributed by atoms with E-state index in [1.54, 1.807) is 18.1 Å². The molecule has 4 rings (SSSR count). The number of nitrogens with zero attached hydrogens (tertiary/aromatic N) is 1. The molecule has 0 spiro atoms. The second kappa shape index (κ2) is 10.2. The maximum Gasteiger partial charge on any atom is 0.277 e. The van der Waals surface area contributed by atoms with Crippen LogP contribution < -0.4 is 14.8 Å². The molecule has 0 bridgehead atoms. The van der Waals surface area contributed by atoms with Gasteiger partial charge in [-0.25, -0.2) is 0 Å². The Balaban J connectivity index is 1.51. The fraction of sp³-hybridized carbons (Fsp3) is 0.154. The number of hydrogen-bond donors (Lipinski definition) is 1. The second-order valence-corrected chi connectivity index (χ2v) is 8.88. The highest BCUT2D eigenvalue weighted by atomic mass is 79.9. The van der Waals surface area contributed by atoms with E-state index in [0.717, 1.165) is 21.2 Å². The predicted octanol–water partition coefficient (Wildman–Crippen LogP) is 5.86. The summed E-state index contributed by atoms with van der Waals surface area (Å²) in [5.74, 6) is 1.05. The summed E-state index contributed by atoms with van der Waals surface area (Å²) in [6, 6.07) is 23.1. The maximum absolute atomic E-state index is 13.1. The molecule has 1 fully saturated rings. The summed E-state index contributed by atoms with van der Waals surface area (Å²) in [6.07, 6.45) is 1.77. The van der Waals surface area contributed by atoms with Crippen molar-refractivity contribution in [2.24, 2.45) is 0 Å². The zero-order valence-corrected chi connectivity index (χ0v) is 20.7. The van der Waals surface area contributed by atoms with Gasteiger partial charge in [0, 0.05) is 4.47 Å². The molecule has 33 heavy (non-hydrogen) atoms. The predicted molar refractivity (Wildman–Crippen MR) is 137 cm³/mol. The van der Waals surface area contributed by atoms with Gasteiger partial charge in [0.15, 0.2) is 16.6 Å². The molecule has 3 aromatic rings. The Morgan fingerprint density at radius 3 is 2.58 bits per heavy atom. The van der Waals surface area contributed by atoms with Crippen LogP contribution in [0.5, 0.6) is 11.5 Å². The first kappa shape index (κ1) is 23.0. The molecule has 1 saturated heterocycles. The standard InChI is InChI=1S/C26H23BrN2O3S/c1-17(20-8-4-3-5-9-20)29-25(30)22(28-26(29)33)14-18-11-12-23(24(15-18)31-2)32-16-19-7-6-10-21(27)13-19/h3-15,17H,16H2,1-2H3,(H,28,33)/b22-14+/t17-/m0/s1. The third kappa shape index (κ3) is 5.26. The zero-order chi connectivity index (χ0) is 23.4. The van der Waals surface area contributed by atoms with Crippen LogP contribution in [0, 0.1) is 0 Å². The Hall–Kier alpha value is -3.16. The third-order valence-electron chi connectivity index (χ3n) is 5.36. The lowest BCUT2D eigenvalue weighted by Gasteiger charge is -2.23. The molecule has 3 aromatic carbocycles. The van der Waals surface area contributed by atoms with Gasteiger partial charge in [-0.3, -0.25) is 9.69 Å². The van der Waals surface area contributed by atoms with Crippen LogP contribution in [0.25, 0.3) is 6.08 Å². The Bertz CT molecular complexity index is 1210. The summed E-state index contributed by atoms with van der Waals surface area (Å²) in [5, 5.41) is 3.44. The molecule has 0 radical (unpaired) electrons. The number of hydrogen-bond acceptors (Lipinski definition) is 4. The zero-order valence-electron chi connectivity index (χ0n) is 18.2. The van der Waals surface area contributed by atoms with Crippen LogP contribution in [0.3, 0.4) is 0 Å². The van der Waals surface area contributed by atoms with Gasteiger partial charge in [-0.2, -0.15) is 0 Å². The number of thiocarbonyl (C=S) groups is 1. The van der Waals surface area contributed by atoms with Gasteiger partial charge in [0.05, 0.1) is 13.2 Å². The van der Waals surface area contributed by atoms with Gasteiger partial charge in [0.2, 0.25) is 0 Å². The van der Waals surface area contributed by atoms with Crippen molar-refractivity contribution < 1.29 is 14.3 Å². The first-order valence-electron chi connectivity index (χ1n) is 10.4. The van der Waals surface area contributed by atoms with Crippen LogP contribution >= 0.6 is 28.1 Å². The van der Waals surface area contributed by atoms with Crippen LogP contribution in [-0.2, 0) is 11.4 Å². The van der Waals surface area contributed by atoms with Crippen molar-refractivity contribution in [1.82, 2.24) is 10.2 Å². The smallest absolute Gasteiger partial charge is 0.277 e. The minimum atomic E-state index is -0.173. The van der Waals surface area contributed by atoms with Gasteiger partial charge in [-0.05, 0) is 66.2 Å². The van der Waals surface area contributed by atoms with Crippen molar-refractivity contribution in [1.29, 1.82) is 0 Å². The average Bonchev–Trinajstić information content (AvgIpc) is 3.10. The number of halogens is 1. The average molecular weight is 523 g/mol. The summed E-state index contributed by atoms with van der Waals surface area (Å²) >= 11 is 8.92. The summed E-state index contributed by atoms with van der Waals surface area (Å²) in [5.41, 5.74) is 3.28. The first-order chi connectivity index (χ1) is 16.0. The van der Waals surface area contributed by atoms with Crippen LogP contribution in [-0.4, -0.2) is 23.0 Å². The Kier molecular flexibility index (Phi) is 7.11. The molecule has 1 heterocycles. The van der Waals surface area contributed by atoms with Crippen molar-refractivity contribution in [2.45, 2.75) is 19.6 Å². The SMILES string of the molecule is COc1cc(/C=C2/NC(=S)N([C@@H](C)c3ccccc3)C2=O)ccc1OCc1cccc(Br)c1. The molecule has 1 aliphatic heterocycles. The summed E-state index contributed by atoms with van der Waals surface area (Å²) < 4.78 is 12.5. The molecular weight excluding hydrogens is 500 g/mol. The highest BCUT2D eigenvalue weighted by Crippen LogP contribution is 2.31. The first-order valence-corrected chi connectivity index (χ1v) is 11.6. The molecule has 1 atom stereocenters. The number of methoxy groups -OCH3 is 1. The number of amides is 1. The summed E-state index contributed by atoms with van der Waals surface area (Å²) in [4.78, 5) is 14.7. The molecule has 5 nitrogen and oxygen atoms in total. The number of rotatable bonds is 7. The molecular formula is C26H23BrN2O3S. The van der Waals surface area contributed by atoms with E-state index < -0.39 is 0 Å². The topological polar surface area (TPSA) is 50.8 Å². The van der Waals surface area contributed by atoms with Gasteiger partial charge in [-0.1, -0.05) is 64.5 Å². The molecule has 168 valence electrons. The minimum absolute atomic E-state index is 0.162.